The van der Waals surface area contributed by atoms with Gasteiger partial charge in [-0.3, -0.25) is 0 Å². The van der Waals surface area contributed by atoms with Gasteiger partial charge in [-0.05, 0) is 133 Å². The van der Waals surface area contributed by atoms with Gasteiger partial charge >= 0.3 is 0 Å². The van der Waals surface area contributed by atoms with E-state index in [4.69, 9.17) is 5.73 Å². The minimum absolute atomic E-state index is 0.447. The quantitative estimate of drug-likeness (QED) is 0.174. The normalized spacial score (nSPS) is 15.4. The van der Waals surface area contributed by atoms with E-state index in [1.807, 2.05) is 0 Å². The average molecular weight is 677 g/mol. The number of nitrogens with one attached hydrogen (secondary N) is 1. The molecule has 2 nitrogen and oxygen atoms in total. The molecule has 0 saturated carbocycles. The van der Waals surface area contributed by atoms with Gasteiger partial charge in [-0.2, -0.15) is 0 Å². The van der Waals surface area contributed by atoms with E-state index in [0.29, 0.717) is 5.82 Å². The van der Waals surface area contributed by atoms with Crippen molar-refractivity contribution in [1.29, 1.82) is 0 Å². The fourth-order valence-corrected chi connectivity index (χ4v) is 9.15. The van der Waals surface area contributed by atoms with Crippen molar-refractivity contribution in [3.8, 4) is 33.4 Å². The molecule has 258 valence electrons. The lowest BCUT2D eigenvalue weighted by molar-refractivity contribution is 0.659. The second kappa shape index (κ2) is 13.5. The number of aromatic nitrogens is 1. The van der Waals surface area contributed by atoms with Crippen molar-refractivity contribution in [3.63, 3.8) is 0 Å². The van der Waals surface area contributed by atoms with E-state index < -0.39 is 5.41 Å². The monoisotopic (exact) mass is 676 g/mol. The third kappa shape index (κ3) is 5.40. The van der Waals surface area contributed by atoms with Gasteiger partial charge in [-0.1, -0.05) is 139 Å². The molecule has 0 amide bonds. The maximum Gasteiger partial charge on any atom is 0.109 e. The van der Waals surface area contributed by atoms with Gasteiger partial charge < -0.3 is 10.7 Å². The molecule has 0 spiro atoms. The number of nitrogens with two attached hydrogens (primary N) is 1. The molecule has 5 aromatic carbocycles. The maximum atomic E-state index is 6.94. The first-order valence-electron chi connectivity index (χ1n) is 18.8. The molecule has 1 atom stereocenters. The predicted octanol–water partition coefficient (Wildman–Crippen LogP) is 13.1. The van der Waals surface area contributed by atoms with Crippen LogP contribution in [0.5, 0.6) is 0 Å². The van der Waals surface area contributed by atoms with Crippen molar-refractivity contribution in [1.82, 2.24) is 4.98 Å². The fraction of sp³-hybridized carbons (Fsp3) is 0.200. The molecule has 1 aromatic heterocycles. The molecule has 2 aliphatic carbocycles. The Morgan fingerprint density at radius 3 is 2.15 bits per heavy atom. The molecule has 0 aliphatic heterocycles. The van der Waals surface area contributed by atoms with E-state index in [1.165, 1.54) is 72.3 Å². The van der Waals surface area contributed by atoms with Crippen molar-refractivity contribution in [2.24, 2.45) is 0 Å². The number of anilines is 1. The summed E-state index contributed by atoms with van der Waals surface area (Å²) < 4.78 is 0. The van der Waals surface area contributed by atoms with Crippen molar-refractivity contribution >= 4 is 16.7 Å². The molecule has 0 saturated heterocycles. The summed E-state index contributed by atoms with van der Waals surface area (Å²) in [7, 11) is 0. The number of H-pyrrole nitrogens is 1. The summed E-state index contributed by atoms with van der Waals surface area (Å²) in [6, 6.07) is 36.0. The summed E-state index contributed by atoms with van der Waals surface area (Å²) in [5.41, 5.74) is 26.7. The molecule has 0 bridgehead atoms. The van der Waals surface area contributed by atoms with E-state index in [-0.39, 0.29) is 0 Å². The minimum atomic E-state index is -0.447. The molecule has 3 N–H and O–H groups in total. The Morgan fingerprint density at radius 2 is 1.37 bits per heavy atom. The highest BCUT2D eigenvalue weighted by Gasteiger charge is 2.43. The van der Waals surface area contributed by atoms with Gasteiger partial charge in [-0.15, -0.1) is 0 Å². The topological polar surface area (TPSA) is 41.8 Å². The third-order valence-corrected chi connectivity index (χ3v) is 11.7. The minimum Gasteiger partial charge on any atom is -0.385 e. The largest absolute Gasteiger partial charge is 0.385 e. The van der Waals surface area contributed by atoms with Gasteiger partial charge in [0, 0.05) is 16.5 Å². The molecular formula is C50H48N2. The Morgan fingerprint density at radius 1 is 0.615 bits per heavy atom. The van der Waals surface area contributed by atoms with Gasteiger partial charge in [0.15, 0.2) is 0 Å². The first-order chi connectivity index (χ1) is 25.3. The zero-order chi connectivity index (χ0) is 36.0. The summed E-state index contributed by atoms with van der Waals surface area (Å²) in [6.07, 6.45) is 18.4. The summed E-state index contributed by atoms with van der Waals surface area (Å²) in [6.45, 7) is 11.3. The summed E-state index contributed by atoms with van der Waals surface area (Å²) in [5, 5.41) is 1.13. The number of hydrogen-bond acceptors (Lipinski definition) is 1. The lowest BCUT2D eigenvalue weighted by Gasteiger charge is -2.43. The number of fused-ring (bicyclic) bond motifs is 1. The van der Waals surface area contributed by atoms with E-state index >= 15 is 0 Å². The molecule has 2 heteroatoms. The molecule has 1 unspecified atom stereocenters. The smallest absolute Gasteiger partial charge is 0.109 e. The number of hydrogen-bond donors (Lipinski definition) is 2. The van der Waals surface area contributed by atoms with E-state index in [9.17, 15) is 0 Å². The van der Waals surface area contributed by atoms with Crippen LogP contribution in [-0.2, 0) is 5.41 Å². The molecule has 1 heterocycles. The molecule has 0 fully saturated rings. The number of aromatic amines is 1. The Balaban J connectivity index is 1.51. The number of aryl methyl sites for hydroxylation is 3. The Labute approximate surface area is 309 Å². The zero-order valence-electron chi connectivity index (χ0n) is 31.1. The summed E-state index contributed by atoms with van der Waals surface area (Å²) in [4.78, 5) is 3.51. The van der Waals surface area contributed by atoms with Crippen molar-refractivity contribution in [3.05, 3.63) is 184 Å². The fourth-order valence-electron chi connectivity index (χ4n) is 9.15. The first kappa shape index (κ1) is 33.5. The maximum absolute atomic E-state index is 6.94. The summed E-state index contributed by atoms with van der Waals surface area (Å²) in [5.74, 6) is 0.691. The highest BCUT2D eigenvalue weighted by atomic mass is 14.9. The van der Waals surface area contributed by atoms with Crippen LogP contribution < -0.4 is 5.73 Å². The highest BCUT2D eigenvalue weighted by Crippen LogP contribution is 2.54. The third-order valence-electron chi connectivity index (χ3n) is 11.7. The van der Waals surface area contributed by atoms with Gasteiger partial charge in [-0.25, -0.2) is 0 Å². The molecule has 0 radical (unpaired) electrons. The molecule has 52 heavy (non-hydrogen) atoms. The van der Waals surface area contributed by atoms with E-state index in [2.05, 4.69) is 173 Å². The van der Waals surface area contributed by atoms with Gasteiger partial charge in [0.25, 0.3) is 0 Å². The lowest BCUT2D eigenvalue weighted by Crippen LogP contribution is -2.35. The van der Waals surface area contributed by atoms with Crippen molar-refractivity contribution in [2.75, 3.05) is 5.73 Å². The molecule has 2 aliphatic rings. The number of rotatable bonds is 7. The lowest BCUT2D eigenvalue weighted by atomic mass is 9.59. The zero-order valence-corrected chi connectivity index (χ0v) is 31.1. The Kier molecular flexibility index (Phi) is 8.71. The van der Waals surface area contributed by atoms with Gasteiger partial charge in [0.1, 0.15) is 5.82 Å². The first-order valence-corrected chi connectivity index (χ1v) is 18.8. The predicted molar refractivity (Wildman–Crippen MR) is 223 cm³/mol. The van der Waals surface area contributed by atoms with Crippen LogP contribution in [0.15, 0.2) is 145 Å². The Bertz CT molecular complexity index is 2480. The summed E-state index contributed by atoms with van der Waals surface area (Å²) >= 11 is 0. The Hall–Kier alpha value is -5.60. The number of allylic oxidation sites excluding steroid dienone is 8. The SMILES string of the molecule is Cc1cc(C)c(C)c(-c2cccc(-c3c(N)[nH]c4ccccc34)c2-c2cccc(C(C3=CCCC=C3)(C3=CC=CCC3)c3ccccc3C)c2C)c1. The van der Waals surface area contributed by atoms with Crippen molar-refractivity contribution in [2.45, 2.75) is 65.7 Å². The molecule has 6 aromatic rings. The van der Waals surface area contributed by atoms with E-state index in [0.717, 1.165) is 47.7 Å². The standard InChI is InChI=1S/C50H48N2/c1-32-30-34(3)35(4)43(31-32)40-25-16-26-42(48-41-23-13-15-29-46(41)52-49(48)51)47(40)39-24-17-28-45(36(39)5)50(37-19-8-6-9-20-37,38-21-10-7-11-22-38)44-27-14-12-18-33(44)2/h6,8,10,12-19,21-31,52H,7,9,11,20,51H2,1-5H3. The second-order valence-corrected chi connectivity index (χ2v) is 14.8. The van der Waals surface area contributed by atoms with Crippen LogP contribution in [0.4, 0.5) is 5.82 Å². The van der Waals surface area contributed by atoms with Crippen LogP contribution >= 0.6 is 0 Å². The van der Waals surface area contributed by atoms with Crippen LogP contribution in [0.25, 0.3) is 44.3 Å². The number of para-hydroxylation sites is 1. The van der Waals surface area contributed by atoms with Crippen LogP contribution in [0.3, 0.4) is 0 Å². The van der Waals surface area contributed by atoms with Crippen LogP contribution in [0.2, 0.25) is 0 Å². The number of benzene rings is 5. The second-order valence-electron chi connectivity index (χ2n) is 14.8. The highest BCUT2D eigenvalue weighted by molar-refractivity contribution is 6.08. The van der Waals surface area contributed by atoms with Gasteiger partial charge in [0.05, 0.1) is 5.41 Å². The van der Waals surface area contributed by atoms with Crippen molar-refractivity contribution < 1.29 is 0 Å². The van der Waals surface area contributed by atoms with E-state index in [1.54, 1.807) is 0 Å². The van der Waals surface area contributed by atoms with Crippen LogP contribution in [-0.4, -0.2) is 4.98 Å². The molecular weight excluding hydrogens is 629 g/mol. The van der Waals surface area contributed by atoms with Crippen LogP contribution in [0.1, 0.15) is 64.6 Å². The van der Waals surface area contributed by atoms with Gasteiger partial charge in [0.2, 0.25) is 0 Å². The van der Waals surface area contributed by atoms with Crippen LogP contribution in [0, 0.1) is 34.6 Å². The average Bonchev–Trinajstić information content (AvgIpc) is 3.50. The number of nitrogen functional groups attached to an aromatic ring is 1. The molecule has 8 rings (SSSR count).